The number of hydrogen-bond acceptors (Lipinski definition) is 4. The van der Waals surface area contributed by atoms with Crippen LogP contribution in [0.1, 0.15) is 0 Å². The molecule has 0 N–H and O–H groups in total. The molecule has 3 aliphatic heterocycles. The fraction of sp³-hybridized carbons (Fsp3) is 1.00. The lowest BCUT2D eigenvalue weighted by Gasteiger charge is -2.38. The standard InChI is InChI=1S/CH3O4P2/c6-5-7-2-1(3-7)4-7/h1H,6H2/q+1. The van der Waals surface area contributed by atoms with Gasteiger partial charge >= 0.3 is 14.6 Å². The molecule has 0 saturated carbocycles. The molecule has 0 aromatic heterocycles. The van der Waals surface area contributed by atoms with Crippen LogP contribution in [0.3, 0.4) is 0 Å². The van der Waals surface area contributed by atoms with Crippen LogP contribution in [-0.4, -0.2) is 6.48 Å². The fourth-order valence-corrected chi connectivity index (χ4v) is 1.69. The molecule has 4 nitrogen and oxygen atoms in total. The zero-order valence-electron chi connectivity index (χ0n) is 3.23. The molecule has 3 rings (SSSR count). The van der Waals surface area contributed by atoms with E-state index in [-0.39, 0.29) is 0 Å². The topological polar surface area (TPSA) is 36.9 Å². The molecular formula is CH3O4P2+. The predicted octanol–water partition coefficient (Wildman–Crippen LogP) is 0.831. The quantitative estimate of drug-likeness (QED) is 0.506. The minimum Gasteiger partial charge on any atom is -0.139 e. The van der Waals surface area contributed by atoms with E-state index in [2.05, 4.69) is 4.31 Å². The van der Waals surface area contributed by atoms with Crippen molar-refractivity contribution >= 4 is 17.6 Å². The maximum Gasteiger partial charge on any atom is 0.594 e. The van der Waals surface area contributed by atoms with E-state index in [0.29, 0.717) is 0 Å². The summed E-state index contributed by atoms with van der Waals surface area (Å²) in [6.07, 6.45) is 0. The molecule has 3 aliphatic rings. The first-order valence-electron chi connectivity index (χ1n) is 1.67. The Labute approximate surface area is 43.0 Å². The highest BCUT2D eigenvalue weighted by molar-refractivity contribution is 7.62. The molecular weight excluding hydrogens is 138 g/mol. The SMILES string of the molecule is PO[P+]12OC(O1)O2. The second-order valence-corrected chi connectivity index (χ2v) is 3.53. The van der Waals surface area contributed by atoms with Crippen molar-refractivity contribution in [3.63, 3.8) is 0 Å². The molecule has 1 unspecified atom stereocenters. The molecule has 3 heterocycles. The summed E-state index contributed by atoms with van der Waals surface area (Å²) in [5, 5.41) is 0. The predicted molar refractivity (Wildman–Crippen MR) is 24.8 cm³/mol. The number of hydrogen-bond donors (Lipinski definition) is 0. The van der Waals surface area contributed by atoms with E-state index < -0.39 is 14.6 Å². The zero-order chi connectivity index (χ0) is 4.91. The molecule has 0 aromatic carbocycles. The van der Waals surface area contributed by atoms with Gasteiger partial charge in [-0.25, -0.2) is 0 Å². The van der Waals surface area contributed by atoms with Crippen LogP contribution < -0.4 is 0 Å². The van der Waals surface area contributed by atoms with Crippen molar-refractivity contribution in [2.45, 2.75) is 6.48 Å². The molecule has 6 heteroatoms. The number of rotatable bonds is 1. The summed E-state index contributed by atoms with van der Waals surface area (Å²) in [6, 6.07) is 0. The molecule has 2 bridgehead atoms. The largest absolute Gasteiger partial charge is 0.594 e. The Bertz CT molecular complexity index is 80.8. The van der Waals surface area contributed by atoms with E-state index >= 15 is 0 Å². The van der Waals surface area contributed by atoms with Crippen molar-refractivity contribution in [1.29, 1.82) is 0 Å². The molecule has 1 atom stereocenters. The van der Waals surface area contributed by atoms with Crippen LogP contribution in [0.2, 0.25) is 0 Å². The second kappa shape index (κ2) is 1.16. The monoisotopic (exact) mass is 141 g/mol. The Balaban J connectivity index is 2.03. The molecule has 0 radical (unpaired) electrons. The molecule has 3 fully saturated rings. The lowest BCUT2D eigenvalue weighted by molar-refractivity contribution is -0.348. The van der Waals surface area contributed by atoms with Gasteiger partial charge in [-0.15, -0.1) is 4.31 Å². The summed E-state index contributed by atoms with van der Waals surface area (Å²) >= 11 is 0. The Morgan fingerprint density at radius 1 is 1.43 bits per heavy atom. The van der Waals surface area contributed by atoms with Gasteiger partial charge in [0.25, 0.3) is 0 Å². The van der Waals surface area contributed by atoms with E-state index in [1.165, 1.54) is 0 Å². The summed E-state index contributed by atoms with van der Waals surface area (Å²) in [7, 11) is -0.0846. The van der Waals surface area contributed by atoms with Gasteiger partial charge in [0.2, 0.25) is 0 Å². The van der Waals surface area contributed by atoms with Gasteiger partial charge in [-0.1, -0.05) is 13.6 Å². The van der Waals surface area contributed by atoms with E-state index in [4.69, 9.17) is 13.6 Å². The Morgan fingerprint density at radius 3 is 2.00 bits per heavy atom. The van der Waals surface area contributed by atoms with E-state index in [0.717, 1.165) is 0 Å². The van der Waals surface area contributed by atoms with E-state index in [9.17, 15) is 0 Å². The van der Waals surface area contributed by atoms with Gasteiger partial charge in [0, 0.05) is 0 Å². The Kier molecular flexibility index (Phi) is 0.757. The van der Waals surface area contributed by atoms with Crippen LogP contribution in [0.15, 0.2) is 0 Å². The average Bonchev–Trinajstić information content (AvgIpc) is 1.25. The summed E-state index contributed by atoms with van der Waals surface area (Å²) in [6.45, 7) is -0.408. The first-order chi connectivity index (χ1) is 3.35. The van der Waals surface area contributed by atoms with Gasteiger partial charge in [-0.2, -0.15) is 0 Å². The van der Waals surface area contributed by atoms with Crippen molar-refractivity contribution in [3.05, 3.63) is 0 Å². The Morgan fingerprint density at radius 2 is 2.00 bits per heavy atom. The third kappa shape index (κ3) is 0.423. The Hall–Kier alpha value is 0.700. The van der Waals surface area contributed by atoms with Crippen molar-refractivity contribution < 1.29 is 17.9 Å². The summed E-state index contributed by atoms with van der Waals surface area (Å²) in [4.78, 5) is 0. The molecule has 0 amide bonds. The first-order valence-corrected chi connectivity index (χ1v) is 3.61. The molecule has 0 spiro atoms. The smallest absolute Gasteiger partial charge is 0.139 e. The minimum absolute atomic E-state index is 0.408. The maximum absolute atomic E-state index is 4.79. The van der Waals surface area contributed by atoms with Gasteiger partial charge in [0.05, 0.1) is 9.47 Å². The van der Waals surface area contributed by atoms with Crippen molar-refractivity contribution in [2.24, 2.45) is 0 Å². The zero-order valence-corrected chi connectivity index (χ0v) is 5.28. The van der Waals surface area contributed by atoms with Gasteiger partial charge in [-0.3, -0.25) is 0 Å². The summed E-state index contributed by atoms with van der Waals surface area (Å²) < 4.78 is 19.0. The summed E-state index contributed by atoms with van der Waals surface area (Å²) in [5.41, 5.74) is 0. The van der Waals surface area contributed by atoms with Crippen LogP contribution >= 0.6 is 17.6 Å². The van der Waals surface area contributed by atoms with E-state index in [1.807, 2.05) is 9.47 Å². The first kappa shape index (κ1) is 4.57. The third-order valence-electron chi connectivity index (χ3n) is 0.775. The third-order valence-corrected chi connectivity index (χ3v) is 3.10. The lowest BCUT2D eigenvalue weighted by atomic mass is 11.3. The van der Waals surface area contributed by atoms with Gasteiger partial charge in [0.1, 0.15) is 0 Å². The van der Waals surface area contributed by atoms with Crippen LogP contribution in [0.25, 0.3) is 0 Å². The molecule has 7 heavy (non-hydrogen) atoms. The van der Waals surface area contributed by atoms with Gasteiger partial charge in [-0.05, 0) is 0 Å². The highest BCUT2D eigenvalue weighted by Gasteiger charge is 2.81. The highest BCUT2D eigenvalue weighted by atomic mass is 31.3. The summed E-state index contributed by atoms with van der Waals surface area (Å²) in [5.74, 6) is 0. The van der Waals surface area contributed by atoms with Crippen LogP contribution in [0.5, 0.6) is 0 Å². The van der Waals surface area contributed by atoms with E-state index in [1.54, 1.807) is 0 Å². The minimum atomic E-state index is -2.12. The second-order valence-electron chi connectivity index (χ2n) is 1.16. The molecule has 0 aromatic rings. The fourth-order valence-electron chi connectivity index (χ4n) is 0.414. The molecule has 0 aliphatic carbocycles. The molecule has 3 saturated heterocycles. The van der Waals surface area contributed by atoms with Crippen molar-refractivity contribution in [3.8, 4) is 0 Å². The van der Waals surface area contributed by atoms with Crippen LogP contribution in [0.4, 0.5) is 0 Å². The maximum atomic E-state index is 4.79. The normalized spacial score (nSPS) is 55.3. The van der Waals surface area contributed by atoms with Crippen LogP contribution in [0, 0.1) is 0 Å². The van der Waals surface area contributed by atoms with Gasteiger partial charge < -0.3 is 0 Å². The highest BCUT2D eigenvalue weighted by Crippen LogP contribution is 2.84. The van der Waals surface area contributed by atoms with Gasteiger partial charge in [0.15, 0.2) is 0 Å². The van der Waals surface area contributed by atoms with Crippen molar-refractivity contribution in [1.82, 2.24) is 0 Å². The lowest BCUT2D eigenvalue weighted by Crippen LogP contribution is -2.46. The van der Waals surface area contributed by atoms with Crippen molar-refractivity contribution in [2.75, 3.05) is 0 Å². The van der Waals surface area contributed by atoms with Crippen LogP contribution in [-0.2, 0) is 17.9 Å². The molecule has 40 valence electrons. The average molecular weight is 141 g/mol.